The summed E-state index contributed by atoms with van der Waals surface area (Å²) in [4.78, 5) is 76.2. The smallest absolute Gasteiger partial charge is 0.496 e. The van der Waals surface area contributed by atoms with Crippen LogP contribution in [-0.2, 0) is 47.2 Å². The third-order valence-electron chi connectivity index (χ3n) is 21.3. The largest absolute Gasteiger partial charge is 0.573 e. The van der Waals surface area contributed by atoms with E-state index in [9.17, 15) is 63.5 Å². The van der Waals surface area contributed by atoms with Crippen molar-refractivity contribution in [2.24, 2.45) is 11.3 Å². The van der Waals surface area contributed by atoms with E-state index in [0.29, 0.717) is 125 Å². The number of fused-ring (bicyclic) bond motifs is 6. The Kier molecular flexibility index (Phi) is 22.7. The maximum atomic E-state index is 13.6. The molecule has 0 radical (unpaired) electrons. The number of hydrogen-bond donors (Lipinski definition) is 0. The molecule has 3 fully saturated rings. The minimum atomic E-state index is -4.95. The van der Waals surface area contributed by atoms with Gasteiger partial charge < -0.3 is 47.3 Å². The Labute approximate surface area is 589 Å². The second kappa shape index (κ2) is 30.3. The lowest BCUT2D eigenvalue weighted by atomic mass is 9.81. The molecule has 0 saturated carbocycles. The maximum Gasteiger partial charge on any atom is 0.573 e. The number of rotatable bonds is 14. The molecule has 3 saturated heterocycles. The fraction of sp³-hybridized carbons (Fsp3) is 0.533. The van der Waals surface area contributed by atoms with E-state index in [1.54, 1.807) is 43.4 Å². The number of benzene rings is 3. The number of nitrogens with zero attached hydrogens (tertiary/aromatic N) is 9. The van der Waals surface area contributed by atoms with E-state index < -0.39 is 58.3 Å². The fourth-order valence-corrected chi connectivity index (χ4v) is 15.6. The van der Waals surface area contributed by atoms with Crippen molar-refractivity contribution in [2.45, 2.75) is 141 Å². The molecule has 0 unspecified atom stereocenters. The van der Waals surface area contributed by atoms with Gasteiger partial charge in [-0.1, -0.05) is 46.8 Å². The first kappa shape index (κ1) is 76.5. The first-order chi connectivity index (χ1) is 48.1. The average molecular weight is 1430 g/mol. The van der Waals surface area contributed by atoms with Gasteiger partial charge in [0.05, 0.1) is 53.9 Å². The van der Waals surface area contributed by atoms with Crippen molar-refractivity contribution in [3.63, 3.8) is 0 Å². The topological polar surface area (TPSA) is 157 Å². The predicted octanol–water partition coefficient (Wildman–Crippen LogP) is 13.3. The number of carbonyl (C=O) groups excluding carboxylic acids is 5. The van der Waals surface area contributed by atoms with Crippen LogP contribution < -0.4 is 14.2 Å². The van der Waals surface area contributed by atoms with Crippen LogP contribution in [0.2, 0.25) is 0 Å². The van der Waals surface area contributed by atoms with Gasteiger partial charge >= 0.3 is 18.7 Å². The van der Waals surface area contributed by atoms with Gasteiger partial charge in [0.15, 0.2) is 5.78 Å². The highest BCUT2D eigenvalue weighted by Crippen LogP contribution is 2.47. The number of aromatic nitrogens is 3. The second-order valence-electron chi connectivity index (χ2n) is 28.7. The van der Waals surface area contributed by atoms with Crippen molar-refractivity contribution in [1.82, 2.24) is 43.1 Å². The summed E-state index contributed by atoms with van der Waals surface area (Å²) >= 11 is 0. The molecule has 3 aromatic carbocycles. The van der Waals surface area contributed by atoms with Crippen molar-refractivity contribution in [2.75, 3.05) is 107 Å². The van der Waals surface area contributed by atoms with Crippen LogP contribution in [0.15, 0.2) is 103 Å². The van der Waals surface area contributed by atoms with Crippen molar-refractivity contribution < 1.29 is 82.4 Å². The van der Waals surface area contributed by atoms with Crippen molar-refractivity contribution in [1.29, 1.82) is 0 Å². The number of ether oxygens (including phenoxy) is 4. The van der Waals surface area contributed by atoms with Crippen LogP contribution in [0.3, 0.4) is 0 Å². The molecule has 3 aromatic heterocycles. The Balaban J connectivity index is 0.000000165. The van der Waals surface area contributed by atoms with Gasteiger partial charge in [-0.05, 0) is 168 Å². The molecular formula is C75H92F9N9O9. The standard InChI is InChI=1S/C29H41N3O3.C23H25F6N3O3.C23H26F3N3O3/c1-21(2)13-20-35-23-9-7-22(8-10-23)27(34)31-16-14-29(15-17-31)25-12-11-24(26(33)28(3,4)5)32(25)19-18-30(29)6;1-34-15-14-31-12-13-32-18(6-7-19(32)22(24,25)26)21(31)8-10-30(11-9-21)20(33)16-4-2-3-5-17(16)35-23(27,28)29;1-15-14-16(4-6-18(15)32-3)21(31)28-10-8-22(9-11-28)19-7-5-17(20(30)23(24,25)26)29(19)13-12-27(22)2/h7-12,21H,13-20H2,1-6H3;2-7H,8-15H2,1H3;4-7,14H,8-13H2,1-3H3. The molecule has 3 amide bonds. The molecule has 102 heavy (non-hydrogen) atoms. The number of carbonyl (C=O) groups is 5. The minimum Gasteiger partial charge on any atom is -0.496 e. The summed E-state index contributed by atoms with van der Waals surface area (Å²) in [5, 5.41) is 0. The lowest BCUT2D eigenvalue weighted by Crippen LogP contribution is -2.58. The lowest BCUT2D eigenvalue weighted by Gasteiger charge is -2.52. The number of aryl methyl sites for hydroxylation is 1. The average Bonchev–Trinajstić information content (AvgIpc) is 1.54. The van der Waals surface area contributed by atoms with Crippen LogP contribution in [0.25, 0.3) is 0 Å². The molecule has 6 aliphatic heterocycles. The first-order valence-electron chi connectivity index (χ1n) is 34.7. The summed E-state index contributed by atoms with van der Waals surface area (Å²) in [6.45, 7) is 19.6. The Hall–Kier alpha value is -8.14. The first-order valence-corrected chi connectivity index (χ1v) is 34.7. The van der Waals surface area contributed by atoms with E-state index in [1.807, 2.05) is 70.0 Å². The van der Waals surface area contributed by atoms with Crippen LogP contribution in [0.5, 0.6) is 17.2 Å². The Morgan fingerprint density at radius 3 is 1.48 bits per heavy atom. The number of Topliss-reactive ketones (excluding diaryl/α,β-unsaturated/α-hetero) is 2. The Morgan fingerprint density at radius 1 is 0.510 bits per heavy atom. The van der Waals surface area contributed by atoms with Gasteiger partial charge in [0.2, 0.25) is 0 Å². The second-order valence-corrected chi connectivity index (χ2v) is 28.7. The molecule has 0 atom stereocenters. The van der Waals surface area contributed by atoms with Crippen LogP contribution in [0, 0.1) is 18.3 Å². The fourth-order valence-electron chi connectivity index (χ4n) is 15.6. The monoisotopic (exact) mass is 1430 g/mol. The molecule has 6 aromatic rings. The summed E-state index contributed by atoms with van der Waals surface area (Å²) in [5.74, 6) is -0.705. The quantitative estimate of drug-likeness (QED) is 0.0752. The van der Waals surface area contributed by atoms with Gasteiger partial charge in [-0.15, -0.1) is 13.2 Å². The third-order valence-corrected chi connectivity index (χ3v) is 21.3. The lowest BCUT2D eigenvalue weighted by molar-refractivity contribution is -0.274. The van der Waals surface area contributed by atoms with E-state index in [1.165, 1.54) is 50.1 Å². The predicted molar refractivity (Wildman–Crippen MR) is 364 cm³/mol. The summed E-state index contributed by atoms with van der Waals surface area (Å²) in [5.41, 5.74) is 2.39. The summed E-state index contributed by atoms with van der Waals surface area (Å²) in [7, 11) is 7.25. The van der Waals surface area contributed by atoms with Gasteiger partial charge in [0, 0.05) is 126 Å². The number of likely N-dealkylation sites (N-methyl/N-ethyl adjacent to an activating group) is 2. The maximum absolute atomic E-state index is 13.6. The highest BCUT2D eigenvalue weighted by Gasteiger charge is 2.52. The van der Waals surface area contributed by atoms with Crippen LogP contribution in [-0.4, -0.2) is 192 Å². The molecule has 0 N–H and O–H groups in total. The van der Waals surface area contributed by atoms with Gasteiger partial charge in [-0.25, -0.2) is 0 Å². The van der Waals surface area contributed by atoms with Crippen molar-refractivity contribution >= 4 is 29.3 Å². The number of alkyl halides is 9. The molecule has 12 rings (SSSR count). The van der Waals surface area contributed by atoms with Crippen molar-refractivity contribution in [3.05, 3.63) is 160 Å². The van der Waals surface area contributed by atoms with E-state index in [0.717, 1.165) is 61.5 Å². The van der Waals surface area contributed by atoms with E-state index >= 15 is 0 Å². The zero-order valence-corrected chi connectivity index (χ0v) is 59.5. The van der Waals surface area contributed by atoms with Gasteiger partial charge in [0.1, 0.15) is 22.9 Å². The number of methoxy groups -OCH3 is 2. The number of amides is 3. The Morgan fingerprint density at radius 2 is 0.990 bits per heavy atom. The number of likely N-dealkylation sites (tertiary alicyclic amines) is 3. The number of hydrogen-bond acceptors (Lipinski definition) is 12. The zero-order valence-electron chi connectivity index (χ0n) is 59.5. The molecule has 9 heterocycles. The van der Waals surface area contributed by atoms with Gasteiger partial charge in [-0.2, -0.15) is 26.3 Å². The molecule has 0 aliphatic carbocycles. The molecule has 0 bridgehead atoms. The number of para-hydroxylation sites is 1. The van der Waals surface area contributed by atoms with Crippen LogP contribution in [0.1, 0.15) is 160 Å². The normalized spacial score (nSPS) is 18.4. The summed E-state index contributed by atoms with van der Waals surface area (Å²) < 4.78 is 144. The SMILES string of the molecule is CC(C)CCOc1ccc(C(=O)N2CCC3(CC2)c2ccc(C(=O)C(C)(C)C)n2CCN3C)cc1.COCCN1CCn2c(C(F)(F)F)ccc2C12CCN(C(=O)c1ccccc1OC(F)(F)F)CC2.COc1ccc(C(=O)N2CCC3(CC2)c2ccc(C(=O)C(F)(F)F)n2CCN3C)cc1C. The van der Waals surface area contributed by atoms with E-state index in [4.69, 9.17) is 14.2 Å². The number of ketones is 2. The van der Waals surface area contributed by atoms with Crippen LogP contribution >= 0.6 is 0 Å². The highest BCUT2D eigenvalue weighted by molar-refractivity contribution is 6.00. The van der Waals surface area contributed by atoms with Crippen molar-refractivity contribution in [3.8, 4) is 17.2 Å². The third kappa shape index (κ3) is 15.8. The zero-order chi connectivity index (χ0) is 74.1. The summed E-state index contributed by atoms with van der Waals surface area (Å²) in [6, 6.07) is 27.6. The molecular weight excluding hydrogens is 1340 g/mol. The number of halogens is 9. The minimum absolute atomic E-state index is 0.0750. The summed E-state index contributed by atoms with van der Waals surface area (Å²) in [6.07, 6.45) is -9.81. The Bertz CT molecular complexity index is 3970. The molecule has 6 aliphatic rings. The molecule has 27 heteroatoms. The molecule has 554 valence electrons. The highest BCUT2D eigenvalue weighted by atomic mass is 19.4. The molecule has 3 spiro atoms. The van der Waals surface area contributed by atoms with Crippen LogP contribution in [0.4, 0.5) is 39.5 Å². The number of piperidine rings is 3. The van der Waals surface area contributed by atoms with Gasteiger partial charge in [0.25, 0.3) is 23.5 Å². The van der Waals surface area contributed by atoms with E-state index in [-0.39, 0.29) is 54.0 Å². The van der Waals surface area contributed by atoms with Gasteiger partial charge in [-0.3, -0.25) is 38.7 Å². The molecule has 18 nitrogen and oxygen atoms in total. The van der Waals surface area contributed by atoms with E-state index in [2.05, 4.69) is 51.0 Å².